The molecule has 0 amide bonds. The second-order valence-corrected chi connectivity index (χ2v) is 23.9. The van der Waals surface area contributed by atoms with Crippen LogP contribution in [0.25, 0.3) is 0 Å². The average Bonchev–Trinajstić information content (AvgIpc) is 3.67. The molecular weight excluding hydrogens is 784 g/mol. The molecule has 4 saturated carbocycles. The molecular formula is C47H77ClN4O4S2. The van der Waals surface area contributed by atoms with Gasteiger partial charge in [0.25, 0.3) is 0 Å². The fourth-order valence-corrected chi connectivity index (χ4v) is 12.0. The molecule has 4 atom stereocenters. The molecule has 0 radical (unpaired) electrons. The summed E-state index contributed by atoms with van der Waals surface area (Å²) in [6.07, 6.45) is 20.4. The van der Waals surface area contributed by atoms with E-state index in [0.29, 0.717) is 11.1 Å². The molecule has 8 nitrogen and oxygen atoms in total. The van der Waals surface area contributed by atoms with Crippen molar-refractivity contribution in [3.05, 3.63) is 59.7 Å². The van der Waals surface area contributed by atoms with Crippen LogP contribution >= 0.6 is 10.7 Å². The predicted molar refractivity (Wildman–Crippen MR) is 246 cm³/mol. The number of anilines is 2. The van der Waals surface area contributed by atoms with Gasteiger partial charge in [-0.05, 0) is 117 Å². The number of nitrogens with two attached hydrogens (primary N) is 1. The molecule has 3 N–H and O–H groups in total. The van der Waals surface area contributed by atoms with Crippen molar-refractivity contribution < 1.29 is 16.8 Å². The highest BCUT2D eigenvalue weighted by Crippen LogP contribution is 2.64. The number of hydrogen-bond donors (Lipinski definition) is 2. The molecule has 4 unspecified atom stereocenters. The first kappa shape index (κ1) is 47.2. The Balaban J connectivity index is 0.000000193. The molecule has 0 bridgehead atoms. The summed E-state index contributed by atoms with van der Waals surface area (Å²) in [6, 6.07) is 16.7. The van der Waals surface area contributed by atoms with E-state index < -0.39 is 19.1 Å². The SMILES string of the molecule is C.CC1(c2cccc(N)c2)C2CN(CCCC3CCCCC3)CC21.CCS(=O)(=O)Cl.CCS(=O)(=O)Nc1cccc(C2(C)C3CN(CCCC4CCCCC4)CC32)c1. The van der Waals surface area contributed by atoms with Gasteiger partial charge >= 0.3 is 0 Å². The van der Waals surface area contributed by atoms with Crippen molar-refractivity contribution in [2.75, 3.05) is 61.2 Å². The van der Waals surface area contributed by atoms with Crippen molar-refractivity contribution in [3.8, 4) is 0 Å². The first-order chi connectivity index (χ1) is 27.2. The summed E-state index contributed by atoms with van der Waals surface area (Å²) < 4.78 is 46.0. The fourth-order valence-electron chi connectivity index (χ4n) is 11.3. The Morgan fingerprint density at radius 1 is 0.672 bits per heavy atom. The Morgan fingerprint density at radius 3 is 1.48 bits per heavy atom. The minimum Gasteiger partial charge on any atom is -0.399 e. The predicted octanol–water partition coefficient (Wildman–Crippen LogP) is 10.3. The van der Waals surface area contributed by atoms with Crippen molar-refractivity contribution >= 4 is 41.1 Å². The van der Waals surface area contributed by atoms with Crippen LogP contribution in [-0.4, -0.2) is 77.4 Å². The van der Waals surface area contributed by atoms with Crippen molar-refractivity contribution in [1.29, 1.82) is 0 Å². The molecule has 2 aliphatic heterocycles. The number of rotatable bonds is 14. The molecule has 11 heteroatoms. The zero-order valence-corrected chi connectivity index (χ0v) is 37.8. The number of nitrogens with one attached hydrogen (secondary N) is 1. The minimum atomic E-state index is -3.22. The molecule has 0 spiro atoms. The summed E-state index contributed by atoms with van der Waals surface area (Å²) in [6.45, 7) is 15.6. The topological polar surface area (TPSA) is 113 Å². The number of benzene rings is 2. The lowest BCUT2D eigenvalue weighted by atomic mass is 9.86. The molecule has 58 heavy (non-hydrogen) atoms. The van der Waals surface area contributed by atoms with Crippen molar-refractivity contribution in [2.45, 2.75) is 136 Å². The Bertz CT molecular complexity index is 1800. The van der Waals surface area contributed by atoms with Gasteiger partial charge in [0.05, 0.1) is 11.5 Å². The molecule has 0 aromatic heterocycles. The molecule has 2 aromatic carbocycles. The van der Waals surface area contributed by atoms with Gasteiger partial charge in [-0.1, -0.05) is 117 Å². The molecule has 4 aliphatic carbocycles. The van der Waals surface area contributed by atoms with Crippen LogP contribution in [0.1, 0.15) is 136 Å². The zero-order valence-electron chi connectivity index (χ0n) is 35.4. The normalized spacial score (nSPS) is 29.8. The van der Waals surface area contributed by atoms with Crippen molar-refractivity contribution in [2.24, 2.45) is 35.5 Å². The van der Waals surface area contributed by atoms with E-state index in [0.717, 1.165) is 41.2 Å². The van der Waals surface area contributed by atoms with E-state index in [2.05, 4.69) is 69.4 Å². The molecule has 328 valence electrons. The Morgan fingerprint density at radius 2 is 1.09 bits per heavy atom. The van der Waals surface area contributed by atoms with E-state index in [9.17, 15) is 16.8 Å². The maximum absolute atomic E-state index is 11.9. The van der Waals surface area contributed by atoms with Crippen LogP contribution in [0.5, 0.6) is 0 Å². The third-order valence-corrected chi connectivity index (χ3v) is 17.9. The number of fused-ring (bicyclic) bond motifs is 2. The minimum absolute atomic E-state index is 0. The lowest BCUT2D eigenvalue weighted by Crippen LogP contribution is -2.30. The first-order valence-corrected chi connectivity index (χ1v) is 26.6. The van der Waals surface area contributed by atoms with E-state index in [1.54, 1.807) is 6.92 Å². The first-order valence-electron chi connectivity index (χ1n) is 22.5. The van der Waals surface area contributed by atoms with E-state index in [4.69, 9.17) is 5.73 Å². The van der Waals surface area contributed by atoms with Crippen LogP contribution in [0.2, 0.25) is 0 Å². The van der Waals surface area contributed by atoms with Crippen LogP contribution in [0.4, 0.5) is 11.4 Å². The lowest BCUT2D eigenvalue weighted by molar-refractivity contribution is 0.253. The van der Waals surface area contributed by atoms with Gasteiger partial charge in [0, 0.05) is 59.1 Å². The summed E-state index contributed by atoms with van der Waals surface area (Å²) in [4.78, 5) is 5.40. The van der Waals surface area contributed by atoms with E-state index in [1.165, 1.54) is 147 Å². The Hall–Kier alpha value is -1.85. The largest absolute Gasteiger partial charge is 0.399 e. The van der Waals surface area contributed by atoms with Crippen LogP contribution < -0.4 is 10.5 Å². The van der Waals surface area contributed by atoms with E-state index in [1.807, 2.05) is 18.2 Å². The van der Waals surface area contributed by atoms with Crippen LogP contribution in [-0.2, 0) is 29.9 Å². The van der Waals surface area contributed by atoms with E-state index in [-0.39, 0.29) is 24.3 Å². The Labute approximate surface area is 358 Å². The smallest absolute Gasteiger partial charge is 0.232 e. The molecule has 2 saturated heterocycles. The standard InChI is InChI=1S/C23H36N2O2S.C21H32N2.C2H5ClO2S.CH4/c1-3-28(26,27)24-20-13-7-12-19(15-20)23(2)21-16-25(17-22(21)23)14-8-11-18-9-5-4-6-10-18;1-21(17-10-5-11-18(22)13-17)19-14-23(15-20(19)21)12-6-9-16-7-3-2-4-8-16;1-2-6(3,4)5;/h7,12-13,15,18,21-22,24H,3-6,8-11,14,16-17H2,1-2H3;5,10-11,13,16,19-20H,2-4,6-9,12,14-15,22H2,1H3;2H2,1H3;1H4. The Kier molecular flexibility index (Phi) is 16.6. The summed E-state index contributed by atoms with van der Waals surface area (Å²) in [7, 11) is -1.72. The zero-order chi connectivity index (χ0) is 40.8. The molecule has 2 aromatic rings. The van der Waals surface area contributed by atoms with Crippen LogP contribution in [0.15, 0.2) is 48.5 Å². The number of nitrogen functional groups attached to an aromatic ring is 1. The molecule has 2 heterocycles. The van der Waals surface area contributed by atoms with Crippen molar-refractivity contribution in [1.82, 2.24) is 9.80 Å². The summed E-state index contributed by atoms with van der Waals surface area (Å²) in [5, 5.41) is 0. The summed E-state index contributed by atoms with van der Waals surface area (Å²) in [5.41, 5.74) is 11.0. The second-order valence-electron chi connectivity index (χ2n) is 18.8. The summed E-state index contributed by atoms with van der Waals surface area (Å²) >= 11 is 0. The molecule has 6 aliphatic rings. The lowest BCUT2D eigenvalue weighted by Gasteiger charge is -2.26. The fraction of sp³-hybridized carbons (Fsp3) is 0.745. The van der Waals surface area contributed by atoms with Crippen LogP contribution in [0.3, 0.4) is 0 Å². The highest BCUT2D eigenvalue weighted by atomic mass is 35.7. The number of sulfonamides is 1. The third kappa shape index (κ3) is 11.9. The average molecular weight is 862 g/mol. The van der Waals surface area contributed by atoms with Gasteiger partial charge in [-0.15, -0.1) is 0 Å². The number of likely N-dealkylation sites (tertiary alicyclic amines) is 2. The van der Waals surface area contributed by atoms with Crippen LogP contribution in [0, 0.1) is 35.5 Å². The quantitative estimate of drug-likeness (QED) is 0.144. The van der Waals surface area contributed by atoms with Crippen molar-refractivity contribution in [3.63, 3.8) is 0 Å². The van der Waals surface area contributed by atoms with Gasteiger partial charge in [0.15, 0.2) is 0 Å². The van der Waals surface area contributed by atoms with Gasteiger partial charge < -0.3 is 15.5 Å². The van der Waals surface area contributed by atoms with Gasteiger partial charge in [-0.2, -0.15) is 0 Å². The molecule has 6 fully saturated rings. The number of halogens is 1. The monoisotopic (exact) mass is 861 g/mol. The molecule has 8 rings (SSSR count). The maximum Gasteiger partial charge on any atom is 0.232 e. The van der Waals surface area contributed by atoms with Gasteiger partial charge in [0.2, 0.25) is 19.1 Å². The number of hydrogen-bond acceptors (Lipinski definition) is 7. The van der Waals surface area contributed by atoms with E-state index >= 15 is 0 Å². The summed E-state index contributed by atoms with van der Waals surface area (Å²) in [5.74, 6) is 5.31. The highest BCUT2D eigenvalue weighted by Gasteiger charge is 2.66. The highest BCUT2D eigenvalue weighted by molar-refractivity contribution is 8.13. The maximum atomic E-state index is 11.9. The van der Waals surface area contributed by atoms with Gasteiger partial charge in [-0.3, -0.25) is 4.72 Å². The second kappa shape index (κ2) is 20.3. The number of piperidine rings is 2. The van der Waals surface area contributed by atoms with Gasteiger partial charge in [0.1, 0.15) is 0 Å². The third-order valence-electron chi connectivity index (χ3n) is 15.3. The van der Waals surface area contributed by atoms with Gasteiger partial charge in [-0.25, -0.2) is 16.8 Å². The number of nitrogens with zero attached hydrogens (tertiary/aromatic N) is 2.